The Kier molecular flexibility index (Phi) is 4.06. The molecule has 0 radical (unpaired) electrons. The van der Waals surface area contributed by atoms with E-state index in [0.717, 1.165) is 18.2 Å². The lowest BCUT2D eigenvalue weighted by atomic mass is 10.1. The molecule has 100 valence electrons. The van der Waals surface area contributed by atoms with Crippen LogP contribution in [0.25, 0.3) is 0 Å². The lowest BCUT2D eigenvalue weighted by molar-refractivity contribution is 0.276. The van der Waals surface area contributed by atoms with E-state index < -0.39 is 17.7 Å². The van der Waals surface area contributed by atoms with Gasteiger partial charge in [-0.1, -0.05) is 0 Å². The smallest absolute Gasteiger partial charge is 0.126 e. The predicted octanol–water partition coefficient (Wildman–Crippen LogP) is 3.25. The molecule has 0 aliphatic carbocycles. The molecule has 0 saturated heterocycles. The van der Waals surface area contributed by atoms with Crippen LogP contribution >= 0.6 is 0 Å². The minimum Gasteiger partial charge on any atom is -0.394 e. The number of halogens is 3. The quantitative estimate of drug-likeness (QED) is 0.891. The second-order valence-electron chi connectivity index (χ2n) is 4.09. The monoisotopic (exact) mass is 267 g/mol. The van der Waals surface area contributed by atoms with Crippen LogP contribution in [-0.2, 0) is 0 Å². The number of aliphatic hydroxyl groups excluding tert-OH is 1. The molecule has 1 atom stereocenters. The van der Waals surface area contributed by atoms with E-state index in [1.165, 1.54) is 24.3 Å². The molecule has 2 nitrogen and oxygen atoms in total. The number of rotatable bonds is 4. The topological polar surface area (TPSA) is 32.3 Å². The minimum absolute atomic E-state index is 0.282. The van der Waals surface area contributed by atoms with Crippen LogP contribution in [0, 0.1) is 17.5 Å². The van der Waals surface area contributed by atoms with Crippen molar-refractivity contribution in [2.24, 2.45) is 0 Å². The second-order valence-corrected chi connectivity index (χ2v) is 4.09. The van der Waals surface area contributed by atoms with Crippen molar-refractivity contribution in [3.8, 4) is 0 Å². The highest BCUT2D eigenvalue weighted by molar-refractivity contribution is 5.45. The van der Waals surface area contributed by atoms with Crippen LogP contribution in [0.3, 0.4) is 0 Å². The first kappa shape index (κ1) is 13.4. The second kappa shape index (κ2) is 5.75. The van der Waals surface area contributed by atoms with Gasteiger partial charge in [-0.3, -0.25) is 0 Å². The average Bonchev–Trinajstić information content (AvgIpc) is 2.37. The number of hydrogen-bond acceptors (Lipinski definition) is 2. The minimum atomic E-state index is -0.714. The normalized spacial score (nSPS) is 12.2. The summed E-state index contributed by atoms with van der Waals surface area (Å²) < 4.78 is 39.0. The highest BCUT2D eigenvalue weighted by Gasteiger charge is 2.12. The largest absolute Gasteiger partial charge is 0.394 e. The van der Waals surface area contributed by atoms with Crippen molar-refractivity contribution in [1.82, 2.24) is 0 Å². The van der Waals surface area contributed by atoms with E-state index in [9.17, 15) is 18.3 Å². The Hall–Kier alpha value is -2.01. The van der Waals surface area contributed by atoms with Crippen LogP contribution in [0.1, 0.15) is 11.6 Å². The zero-order valence-electron chi connectivity index (χ0n) is 9.91. The van der Waals surface area contributed by atoms with Crippen molar-refractivity contribution < 1.29 is 18.3 Å². The summed E-state index contributed by atoms with van der Waals surface area (Å²) in [6.45, 7) is -0.347. The van der Waals surface area contributed by atoms with Crippen LogP contribution in [0.2, 0.25) is 0 Å². The first-order valence-corrected chi connectivity index (χ1v) is 5.67. The maximum absolute atomic E-state index is 13.1. The first-order valence-electron chi connectivity index (χ1n) is 5.67. The van der Waals surface area contributed by atoms with E-state index in [-0.39, 0.29) is 18.0 Å². The molecule has 0 bridgehead atoms. The summed E-state index contributed by atoms with van der Waals surface area (Å²) in [4.78, 5) is 0. The van der Waals surface area contributed by atoms with Gasteiger partial charge in [0.1, 0.15) is 17.5 Å². The zero-order chi connectivity index (χ0) is 13.8. The van der Waals surface area contributed by atoms with E-state index in [2.05, 4.69) is 5.32 Å². The van der Waals surface area contributed by atoms with Crippen molar-refractivity contribution in [2.75, 3.05) is 11.9 Å². The summed E-state index contributed by atoms with van der Waals surface area (Å²) in [6.07, 6.45) is 0. The van der Waals surface area contributed by atoms with Gasteiger partial charge in [-0.2, -0.15) is 0 Å². The Labute approximate surface area is 108 Å². The van der Waals surface area contributed by atoms with Gasteiger partial charge in [-0.25, -0.2) is 13.2 Å². The van der Waals surface area contributed by atoms with Crippen molar-refractivity contribution in [1.29, 1.82) is 0 Å². The molecule has 2 aromatic rings. The summed E-state index contributed by atoms with van der Waals surface area (Å²) in [5.74, 6) is -1.81. The number of benzene rings is 2. The van der Waals surface area contributed by atoms with E-state index in [4.69, 9.17) is 0 Å². The summed E-state index contributed by atoms with van der Waals surface area (Å²) in [7, 11) is 0. The Morgan fingerprint density at radius 2 is 1.47 bits per heavy atom. The Morgan fingerprint density at radius 1 is 0.895 bits per heavy atom. The van der Waals surface area contributed by atoms with Gasteiger partial charge < -0.3 is 10.4 Å². The molecule has 2 aromatic carbocycles. The third-order valence-corrected chi connectivity index (χ3v) is 2.65. The van der Waals surface area contributed by atoms with Crippen LogP contribution < -0.4 is 5.32 Å². The fraction of sp³-hybridized carbons (Fsp3) is 0.143. The summed E-state index contributed by atoms with van der Waals surface area (Å²) in [6, 6.07) is 7.83. The molecule has 0 aliphatic rings. The van der Waals surface area contributed by atoms with Crippen molar-refractivity contribution in [3.05, 3.63) is 65.5 Å². The molecule has 2 rings (SSSR count). The van der Waals surface area contributed by atoms with Gasteiger partial charge in [-0.15, -0.1) is 0 Å². The Balaban J connectivity index is 2.22. The molecule has 0 amide bonds. The maximum atomic E-state index is 13.1. The third-order valence-electron chi connectivity index (χ3n) is 2.65. The summed E-state index contributed by atoms with van der Waals surface area (Å²) in [5.41, 5.74) is 0.828. The summed E-state index contributed by atoms with van der Waals surface area (Å²) in [5, 5.41) is 12.2. The van der Waals surface area contributed by atoms with Gasteiger partial charge in [0.15, 0.2) is 0 Å². The standard InChI is InChI=1S/C14H12F3NO/c15-10-1-3-13(4-2-10)18-14(8-19)9-5-11(16)7-12(17)6-9/h1-7,14,18-19H,8H2. The van der Waals surface area contributed by atoms with Gasteiger partial charge in [0, 0.05) is 11.8 Å². The van der Waals surface area contributed by atoms with Gasteiger partial charge in [-0.05, 0) is 42.0 Å². The van der Waals surface area contributed by atoms with E-state index in [1.807, 2.05) is 0 Å². The van der Waals surface area contributed by atoms with Crippen molar-refractivity contribution in [2.45, 2.75) is 6.04 Å². The lowest BCUT2D eigenvalue weighted by Crippen LogP contribution is -2.15. The van der Waals surface area contributed by atoms with Crippen LogP contribution in [0.15, 0.2) is 42.5 Å². The molecule has 2 N–H and O–H groups in total. The van der Waals surface area contributed by atoms with E-state index in [1.54, 1.807) is 0 Å². The van der Waals surface area contributed by atoms with E-state index >= 15 is 0 Å². The zero-order valence-corrected chi connectivity index (χ0v) is 9.91. The molecule has 5 heteroatoms. The maximum Gasteiger partial charge on any atom is 0.126 e. The third kappa shape index (κ3) is 3.48. The Morgan fingerprint density at radius 3 is 2.00 bits per heavy atom. The highest BCUT2D eigenvalue weighted by atomic mass is 19.1. The molecular weight excluding hydrogens is 255 g/mol. The summed E-state index contributed by atoms with van der Waals surface area (Å²) >= 11 is 0. The molecule has 1 unspecified atom stereocenters. The van der Waals surface area contributed by atoms with Crippen molar-refractivity contribution in [3.63, 3.8) is 0 Å². The lowest BCUT2D eigenvalue weighted by Gasteiger charge is -2.18. The average molecular weight is 267 g/mol. The number of hydrogen-bond donors (Lipinski definition) is 2. The molecule has 0 aliphatic heterocycles. The number of aliphatic hydroxyl groups is 1. The van der Waals surface area contributed by atoms with Crippen LogP contribution in [0.5, 0.6) is 0 Å². The van der Waals surface area contributed by atoms with Crippen LogP contribution in [-0.4, -0.2) is 11.7 Å². The molecule has 19 heavy (non-hydrogen) atoms. The molecule has 0 fully saturated rings. The molecule has 0 saturated carbocycles. The van der Waals surface area contributed by atoms with Gasteiger partial charge in [0.25, 0.3) is 0 Å². The Bertz CT molecular complexity index is 537. The fourth-order valence-corrected chi connectivity index (χ4v) is 1.76. The van der Waals surface area contributed by atoms with Crippen LogP contribution in [0.4, 0.5) is 18.9 Å². The predicted molar refractivity (Wildman–Crippen MR) is 66.2 cm³/mol. The van der Waals surface area contributed by atoms with Crippen molar-refractivity contribution >= 4 is 5.69 Å². The first-order chi connectivity index (χ1) is 9.08. The fourth-order valence-electron chi connectivity index (χ4n) is 1.76. The van der Waals surface area contributed by atoms with Gasteiger partial charge in [0.2, 0.25) is 0 Å². The number of anilines is 1. The number of nitrogens with one attached hydrogen (secondary N) is 1. The molecule has 0 spiro atoms. The molecule has 0 heterocycles. The SMILES string of the molecule is OCC(Nc1ccc(F)cc1)c1cc(F)cc(F)c1. The molecule has 0 aromatic heterocycles. The molecular formula is C14H12F3NO. The van der Waals surface area contributed by atoms with E-state index in [0.29, 0.717) is 5.69 Å². The van der Waals surface area contributed by atoms with Gasteiger partial charge in [0.05, 0.1) is 12.6 Å². The van der Waals surface area contributed by atoms with Gasteiger partial charge >= 0.3 is 0 Å². The highest BCUT2D eigenvalue weighted by Crippen LogP contribution is 2.21.